The Balaban J connectivity index is 1.62. The van der Waals surface area contributed by atoms with Crippen molar-refractivity contribution in [1.29, 1.82) is 0 Å². The van der Waals surface area contributed by atoms with Gasteiger partial charge in [-0.15, -0.1) is 11.8 Å². The number of aryl methyl sites for hydroxylation is 1. The Morgan fingerprint density at radius 3 is 2.77 bits per heavy atom. The van der Waals surface area contributed by atoms with Gasteiger partial charge in [-0.1, -0.05) is 48.1 Å². The molecule has 30 heavy (non-hydrogen) atoms. The highest BCUT2D eigenvalue weighted by Gasteiger charge is 2.25. The van der Waals surface area contributed by atoms with Crippen molar-refractivity contribution in [2.75, 3.05) is 11.1 Å². The van der Waals surface area contributed by atoms with E-state index in [1.165, 1.54) is 23.1 Å². The molecule has 0 saturated heterocycles. The maximum absolute atomic E-state index is 13.1. The van der Waals surface area contributed by atoms with Gasteiger partial charge in [-0.2, -0.15) is 0 Å². The molecule has 1 aromatic carbocycles. The Bertz CT molecular complexity index is 1070. The molecule has 2 aromatic heterocycles. The van der Waals surface area contributed by atoms with Crippen LogP contribution >= 0.6 is 23.1 Å². The maximum atomic E-state index is 13.1. The summed E-state index contributed by atoms with van der Waals surface area (Å²) in [6.07, 6.45) is 4.10. The van der Waals surface area contributed by atoms with Gasteiger partial charge in [0.1, 0.15) is 11.5 Å². The van der Waals surface area contributed by atoms with Gasteiger partial charge in [0.05, 0.1) is 21.3 Å². The Labute approximate surface area is 183 Å². The number of benzene rings is 1. The predicted octanol–water partition coefficient (Wildman–Crippen LogP) is 3.87. The molecule has 1 aliphatic heterocycles. The molecule has 0 spiro atoms. The van der Waals surface area contributed by atoms with Crippen molar-refractivity contribution in [3.8, 4) is 11.4 Å². The molecule has 3 N–H and O–H groups in total. The molecular formula is C21H23N5O2S2. The van der Waals surface area contributed by atoms with Crippen LogP contribution in [0.3, 0.4) is 0 Å². The fourth-order valence-electron chi connectivity index (χ4n) is 3.57. The number of imidazole rings is 1. The molecule has 9 heteroatoms. The molecule has 0 bridgehead atoms. The number of nitrogens with two attached hydrogens (primary N) is 1. The number of fused-ring (bicyclic) bond motifs is 1. The monoisotopic (exact) mass is 441 g/mol. The molecule has 3 aromatic rings. The molecule has 0 radical (unpaired) electrons. The second kappa shape index (κ2) is 9.01. The topological polar surface area (TPSA) is 103 Å². The van der Waals surface area contributed by atoms with Crippen LogP contribution in [-0.2, 0) is 17.8 Å². The Morgan fingerprint density at radius 1 is 1.20 bits per heavy atom. The fraction of sp³-hybridized carbons (Fsp3) is 0.333. The molecule has 1 aliphatic rings. The number of hydrogen-bond acceptors (Lipinski definition) is 6. The molecule has 0 fully saturated rings. The number of nitrogens with one attached hydrogen (secondary N) is 1. The number of carbonyl (C=O) groups excluding carboxylic acids is 2. The highest BCUT2D eigenvalue weighted by Crippen LogP contribution is 2.33. The number of aromatic nitrogens is 3. The van der Waals surface area contributed by atoms with Crippen molar-refractivity contribution >= 4 is 40.0 Å². The minimum atomic E-state index is -0.382. The van der Waals surface area contributed by atoms with E-state index in [0.717, 1.165) is 59.2 Å². The van der Waals surface area contributed by atoms with Gasteiger partial charge < -0.3 is 10.3 Å². The van der Waals surface area contributed by atoms with Crippen LogP contribution in [-0.4, -0.2) is 32.1 Å². The summed E-state index contributed by atoms with van der Waals surface area (Å²) in [7, 11) is 0. The first-order valence-electron chi connectivity index (χ1n) is 9.87. The van der Waals surface area contributed by atoms with E-state index in [9.17, 15) is 9.59 Å². The first-order chi connectivity index (χ1) is 14.5. The summed E-state index contributed by atoms with van der Waals surface area (Å²) in [6, 6.07) is 9.99. The van der Waals surface area contributed by atoms with Crippen LogP contribution in [0.5, 0.6) is 0 Å². The largest absolute Gasteiger partial charge is 0.369 e. The van der Waals surface area contributed by atoms with E-state index >= 15 is 0 Å². The highest BCUT2D eigenvalue weighted by atomic mass is 32.2. The zero-order valence-electron chi connectivity index (χ0n) is 16.7. The zero-order chi connectivity index (χ0) is 21.1. The third kappa shape index (κ3) is 4.41. The fourth-order valence-corrected chi connectivity index (χ4v) is 5.44. The maximum Gasteiger partial charge on any atom is 0.277 e. The van der Waals surface area contributed by atoms with E-state index in [2.05, 4.69) is 14.9 Å². The van der Waals surface area contributed by atoms with Crippen LogP contribution in [0, 0.1) is 6.92 Å². The van der Waals surface area contributed by atoms with Gasteiger partial charge in [-0.3, -0.25) is 14.9 Å². The predicted molar refractivity (Wildman–Crippen MR) is 120 cm³/mol. The lowest BCUT2D eigenvalue weighted by Gasteiger charge is -2.08. The summed E-state index contributed by atoms with van der Waals surface area (Å²) in [4.78, 5) is 33.3. The van der Waals surface area contributed by atoms with Gasteiger partial charge in [0.15, 0.2) is 5.13 Å². The van der Waals surface area contributed by atoms with Crippen LogP contribution in [0.25, 0.3) is 11.4 Å². The average molecular weight is 442 g/mol. The van der Waals surface area contributed by atoms with Gasteiger partial charge in [0.2, 0.25) is 5.91 Å². The number of amides is 2. The van der Waals surface area contributed by atoms with E-state index < -0.39 is 0 Å². The summed E-state index contributed by atoms with van der Waals surface area (Å²) < 4.78 is 3.07. The van der Waals surface area contributed by atoms with Crippen molar-refractivity contribution in [2.45, 2.75) is 43.4 Å². The lowest BCUT2D eigenvalue weighted by Crippen LogP contribution is -2.15. The molecule has 3 heterocycles. The van der Waals surface area contributed by atoms with Gasteiger partial charge in [-0.25, -0.2) is 9.97 Å². The highest BCUT2D eigenvalue weighted by molar-refractivity contribution is 8.01. The van der Waals surface area contributed by atoms with E-state index in [1.807, 2.05) is 37.3 Å². The van der Waals surface area contributed by atoms with Crippen LogP contribution in [0.1, 0.15) is 41.1 Å². The summed E-state index contributed by atoms with van der Waals surface area (Å²) in [6.45, 7) is 2.72. The quantitative estimate of drug-likeness (QED) is 0.565. The number of thiazole rings is 1. The zero-order valence-corrected chi connectivity index (χ0v) is 18.3. The van der Waals surface area contributed by atoms with Gasteiger partial charge in [-0.05, 0) is 26.2 Å². The van der Waals surface area contributed by atoms with Crippen LogP contribution in [0.15, 0.2) is 34.5 Å². The molecule has 7 nitrogen and oxygen atoms in total. The van der Waals surface area contributed by atoms with Crippen molar-refractivity contribution in [3.05, 3.63) is 47.4 Å². The summed E-state index contributed by atoms with van der Waals surface area (Å²) in [5.74, 6) is 0.395. The van der Waals surface area contributed by atoms with E-state index in [4.69, 9.17) is 10.7 Å². The number of carbonyl (C=O) groups is 2. The molecule has 0 atom stereocenters. The van der Waals surface area contributed by atoms with Crippen molar-refractivity contribution in [3.63, 3.8) is 0 Å². The third-order valence-corrected chi connectivity index (χ3v) is 7.39. The average Bonchev–Trinajstić information content (AvgIpc) is 3.17. The molecule has 4 rings (SSSR count). The molecule has 156 valence electrons. The van der Waals surface area contributed by atoms with Crippen LogP contribution < -0.4 is 11.1 Å². The van der Waals surface area contributed by atoms with E-state index in [1.54, 1.807) is 0 Å². The van der Waals surface area contributed by atoms with Gasteiger partial charge in [0.25, 0.3) is 5.91 Å². The number of hydrogen-bond donors (Lipinski definition) is 2. The Hall–Kier alpha value is -2.65. The lowest BCUT2D eigenvalue weighted by atomic mass is 10.1. The molecule has 2 amide bonds. The molecule has 0 saturated carbocycles. The number of rotatable bonds is 6. The van der Waals surface area contributed by atoms with Crippen molar-refractivity contribution < 1.29 is 9.59 Å². The standard InChI is InChI=1S/C21H23N5O2S2/c1-13-20(29-12-16(22)27)30-21(23-13)25-19(28)17-15-10-6-3-7-11-26(15)18(24-17)14-8-4-2-5-9-14/h2,4-5,8-9H,3,6-7,10-12H2,1H3,(H2,22,27)(H,23,25,28). The first kappa shape index (κ1) is 20.6. The minimum Gasteiger partial charge on any atom is -0.369 e. The van der Waals surface area contributed by atoms with Crippen molar-refractivity contribution in [2.24, 2.45) is 5.73 Å². The number of nitrogens with zero attached hydrogens (tertiary/aromatic N) is 3. The second-order valence-corrected chi connectivity index (χ2v) is 9.40. The smallest absolute Gasteiger partial charge is 0.277 e. The van der Waals surface area contributed by atoms with E-state index in [0.29, 0.717) is 10.8 Å². The van der Waals surface area contributed by atoms with Crippen LogP contribution in [0.2, 0.25) is 0 Å². The number of anilines is 1. The number of thioether (sulfide) groups is 1. The minimum absolute atomic E-state index is 0.186. The van der Waals surface area contributed by atoms with Gasteiger partial charge in [0, 0.05) is 12.1 Å². The molecule has 0 unspecified atom stereocenters. The first-order valence-corrected chi connectivity index (χ1v) is 11.7. The SMILES string of the molecule is Cc1nc(NC(=O)c2nc(-c3ccccc3)n3c2CCCCC3)sc1SCC(N)=O. The Morgan fingerprint density at radius 2 is 2.00 bits per heavy atom. The van der Waals surface area contributed by atoms with Crippen molar-refractivity contribution in [1.82, 2.24) is 14.5 Å². The van der Waals surface area contributed by atoms with E-state index in [-0.39, 0.29) is 17.6 Å². The van der Waals surface area contributed by atoms with Crippen LogP contribution in [0.4, 0.5) is 5.13 Å². The third-order valence-electron chi connectivity index (χ3n) is 4.93. The lowest BCUT2D eigenvalue weighted by molar-refractivity contribution is -0.115. The molecular weight excluding hydrogens is 418 g/mol. The van der Waals surface area contributed by atoms with Gasteiger partial charge >= 0.3 is 0 Å². The Kier molecular flexibility index (Phi) is 6.19. The second-order valence-electron chi connectivity index (χ2n) is 7.16. The normalized spacial score (nSPS) is 13.5. The summed E-state index contributed by atoms with van der Waals surface area (Å²) in [5, 5.41) is 3.41. The summed E-state index contributed by atoms with van der Waals surface area (Å²) in [5.41, 5.74) is 8.46. The molecule has 0 aliphatic carbocycles. The number of primary amides is 1. The summed E-state index contributed by atoms with van der Waals surface area (Å²) >= 11 is 2.68.